The van der Waals surface area contributed by atoms with Crippen molar-refractivity contribution in [3.8, 4) is 11.5 Å². The largest absolute Gasteiger partial charge is 0.497 e. The number of amides is 1. The van der Waals surface area contributed by atoms with Crippen LogP contribution in [-0.2, 0) is 10.0 Å². The second-order valence-electron chi connectivity index (χ2n) is 8.62. The van der Waals surface area contributed by atoms with Gasteiger partial charge in [0, 0.05) is 12.6 Å². The molecule has 7 nitrogen and oxygen atoms in total. The molecule has 0 aliphatic carbocycles. The number of ether oxygens (including phenoxy) is 2. The standard InChI is InChI=1S/C27H32N2O5S/c1-19(2)18-26(20-8-12-23(33-4)13-9-20)28-27(30)21-6-10-22(11-7-21)29(3)35(31,32)25-16-14-24(34-5)15-17-25/h6-17,19,26H,18H2,1-5H3,(H,28,30). The van der Waals surface area contributed by atoms with Crippen molar-refractivity contribution < 1.29 is 22.7 Å². The summed E-state index contributed by atoms with van der Waals surface area (Å²) in [4.78, 5) is 13.2. The summed E-state index contributed by atoms with van der Waals surface area (Å²) in [6.07, 6.45) is 0.777. The Kier molecular flexibility index (Phi) is 8.40. The molecule has 0 spiro atoms. The van der Waals surface area contributed by atoms with Crippen LogP contribution in [0.1, 0.15) is 42.2 Å². The van der Waals surface area contributed by atoms with Crippen molar-refractivity contribution >= 4 is 21.6 Å². The third-order valence-corrected chi connectivity index (χ3v) is 7.54. The number of nitrogens with one attached hydrogen (secondary N) is 1. The zero-order chi connectivity index (χ0) is 25.6. The Hall–Kier alpha value is -3.52. The maximum atomic E-state index is 13.0. The van der Waals surface area contributed by atoms with Gasteiger partial charge in [0.2, 0.25) is 0 Å². The average molecular weight is 497 g/mol. The monoisotopic (exact) mass is 496 g/mol. The highest BCUT2D eigenvalue weighted by Gasteiger charge is 2.22. The van der Waals surface area contributed by atoms with Crippen molar-refractivity contribution in [3.05, 3.63) is 83.9 Å². The quantitative estimate of drug-likeness (QED) is 0.425. The summed E-state index contributed by atoms with van der Waals surface area (Å²) in [6.45, 7) is 4.22. The molecule has 0 aromatic heterocycles. The lowest BCUT2D eigenvalue weighted by atomic mass is 9.96. The number of methoxy groups -OCH3 is 2. The fourth-order valence-electron chi connectivity index (χ4n) is 3.69. The summed E-state index contributed by atoms with van der Waals surface area (Å²) >= 11 is 0. The van der Waals surface area contributed by atoms with Crippen LogP contribution in [0.5, 0.6) is 11.5 Å². The molecule has 35 heavy (non-hydrogen) atoms. The molecule has 0 fully saturated rings. The number of rotatable bonds is 10. The molecule has 1 atom stereocenters. The molecule has 0 heterocycles. The lowest BCUT2D eigenvalue weighted by molar-refractivity contribution is 0.0932. The summed E-state index contributed by atoms with van der Waals surface area (Å²) in [5, 5.41) is 3.11. The number of sulfonamides is 1. The first-order chi connectivity index (χ1) is 16.6. The van der Waals surface area contributed by atoms with Crippen molar-refractivity contribution in [2.24, 2.45) is 5.92 Å². The third kappa shape index (κ3) is 6.33. The molecule has 3 aromatic carbocycles. The van der Waals surface area contributed by atoms with Gasteiger partial charge in [-0.2, -0.15) is 0 Å². The number of benzene rings is 3. The predicted octanol–water partition coefficient (Wildman–Crippen LogP) is 5.05. The predicted molar refractivity (Wildman–Crippen MR) is 138 cm³/mol. The number of carbonyl (C=O) groups excluding carboxylic acids is 1. The van der Waals surface area contributed by atoms with E-state index in [1.807, 2.05) is 24.3 Å². The van der Waals surface area contributed by atoms with Crippen molar-refractivity contribution in [3.63, 3.8) is 0 Å². The number of carbonyl (C=O) groups is 1. The van der Waals surface area contributed by atoms with Gasteiger partial charge in [-0.1, -0.05) is 26.0 Å². The molecule has 0 aliphatic heterocycles. The highest BCUT2D eigenvalue weighted by atomic mass is 32.2. The van der Waals surface area contributed by atoms with E-state index in [2.05, 4.69) is 19.2 Å². The second kappa shape index (κ2) is 11.3. The van der Waals surface area contributed by atoms with E-state index >= 15 is 0 Å². The summed E-state index contributed by atoms with van der Waals surface area (Å²) < 4.78 is 37.5. The van der Waals surface area contributed by atoms with Crippen LogP contribution in [0.4, 0.5) is 5.69 Å². The normalized spacial score (nSPS) is 12.2. The molecule has 0 saturated heterocycles. The van der Waals surface area contributed by atoms with Crippen LogP contribution in [0, 0.1) is 5.92 Å². The van der Waals surface area contributed by atoms with Gasteiger partial charge in [0.1, 0.15) is 11.5 Å². The zero-order valence-electron chi connectivity index (χ0n) is 20.7. The Morgan fingerprint density at radius 3 is 1.86 bits per heavy atom. The van der Waals surface area contributed by atoms with Crippen LogP contribution in [0.25, 0.3) is 0 Å². The molecule has 0 radical (unpaired) electrons. The summed E-state index contributed by atoms with van der Waals surface area (Å²) in [5.41, 5.74) is 1.90. The Morgan fingerprint density at radius 2 is 1.37 bits per heavy atom. The topological polar surface area (TPSA) is 84.9 Å². The van der Waals surface area contributed by atoms with Crippen molar-refractivity contribution in [1.29, 1.82) is 0 Å². The summed E-state index contributed by atoms with van der Waals surface area (Å²) in [6, 6.07) is 20.2. The van der Waals surface area contributed by atoms with Crippen LogP contribution in [0.3, 0.4) is 0 Å². The van der Waals surface area contributed by atoms with E-state index in [0.717, 1.165) is 17.7 Å². The molecule has 0 bridgehead atoms. The van der Waals surface area contributed by atoms with Gasteiger partial charge in [-0.05, 0) is 78.6 Å². The molecule has 1 unspecified atom stereocenters. The zero-order valence-corrected chi connectivity index (χ0v) is 21.5. The van der Waals surface area contributed by atoms with E-state index in [0.29, 0.717) is 22.9 Å². The molecule has 3 rings (SSSR count). The first-order valence-corrected chi connectivity index (χ1v) is 12.8. The Morgan fingerprint density at radius 1 is 0.857 bits per heavy atom. The third-order valence-electron chi connectivity index (χ3n) is 5.74. The van der Waals surface area contributed by atoms with Gasteiger partial charge in [0.15, 0.2) is 0 Å². The number of anilines is 1. The van der Waals surface area contributed by atoms with Crippen LogP contribution in [-0.4, -0.2) is 35.6 Å². The number of hydrogen-bond donors (Lipinski definition) is 1. The summed E-state index contributed by atoms with van der Waals surface area (Å²) in [7, 11) is 0.866. The van der Waals surface area contributed by atoms with E-state index in [-0.39, 0.29) is 16.8 Å². The van der Waals surface area contributed by atoms with Gasteiger partial charge in [-0.15, -0.1) is 0 Å². The fraction of sp³-hybridized carbons (Fsp3) is 0.296. The van der Waals surface area contributed by atoms with Gasteiger partial charge in [0.05, 0.1) is 30.8 Å². The van der Waals surface area contributed by atoms with E-state index in [1.165, 1.54) is 30.6 Å². The SMILES string of the molecule is COc1ccc(C(CC(C)C)NC(=O)c2ccc(N(C)S(=O)(=O)c3ccc(OC)cc3)cc2)cc1. The first kappa shape index (κ1) is 26.1. The van der Waals surface area contributed by atoms with E-state index in [4.69, 9.17) is 9.47 Å². The summed E-state index contributed by atoms with van der Waals surface area (Å²) in [5.74, 6) is 1.49. The molecular weight excluding hydrogens is 464 g/mol. The average Bonchev–Trinajstić information content (AvgIpc) is 2.87. The minimum absolute atomic E-state index is 0.152. The lowest BCUT2D eigenvalue weighted by Crippen LogP contribution is -2.30. The highest BCUT2D eigenvalue weighted by molar-refractivity contribution is 7.92. The highest BCUT2D eigenvalue weighted by Crippen LogP contribution is 2.26. The molecule has 0 saturated carbocycles. The van der Waals surface area contributed by atoms with Crippen molar-refractivity contribution in [2.75, 3.05) is 25.6 Å². The minimum Gasteiger partial charge on any atom is -0.497 e. The van der Waals surface area contributed by atoms with Crippen molar-refractivity contribution in [1.82, 2.24) is 5.32 Å². The van der Waals surface area contributed by atoms with E-state index in [1.54, 1.807) is 43.5 Å². The van der Waals surface area contributed by atoms with Crippen LogP contribution >= 0.6 is 0 Å². The smallest absolute Gasteiger partial charge is 0.264 e. The maximum absolute atomic E-state index is 13.0. The Bertz CT molecular complexity index is 1220. The second-order valence-corrected chi connectivity index (χ2v) is 10.6. The van der Waals surface area contributed by atoms with Gasteiger partial charge < -0.3 is 14.8 Å². The van der Waals surface area contributed by atoms with Gasteiger partial charge in [-0.3, -0.25) is 9.10 Å². The van der Waals surface area contributed by atoms with Gasteiger partial charge in [-0.25, -0.2) is 8.42 Å². The molecule has 186 valence electrons. The first-order valence-electron chi connectivity index (χ1n) is 11.3. The minimum atomic E-state index is -3.76. The van der Waals surface area contributed by atoms with Crippen LogP contribution < -0.4 is 19.1 Å². The molecular formula is C27H32N2O5S. The van der Waals surface area contributed by atoms with Crippen molar-refractivity contribution in [2.45, 2.75) is 31.2 Å². The van der Waals surface area contributed by atoms with Crippen LogP contribution in [0.15, 0.2) is 77.7 Å². The Balaban J connectivity index is 1.76. The number of nitrogens with zero attached hydrogens (tertiary/aromatic N) is 1. The molecule has 1 N–H and O–H groups in total. The molecule has 8 heteroatoms. The number of hydrogen-bond acceptors (Lipinski definition) is 5. The molecule has 1 amide bonds. The van der Waals surface area contributed by atoms with Crippen LogP contribution in [0.2, 0.25) is 0 Å². The molecule has 0 aliphatic rings. The van der Waals surface area contributed by atoms with E-state index in [9.17, 15) is 13.2 Å². The van der Waals surface area contributed by atoms with Gasteiger partial charge in [0.25, 0.3) is 15.9 Å². The fourth-order valence-corrected chi connectivity index (χ4v) is 4.89. The maximum Gasteiger partial charge on any atom is 0.264 e. The molecule has 3 aromatic rings. The van der Waals surface area contributed by atoms with E-state index < -0.39 is 10.0 Å². The Labute approximate surface area is 207 Å². The lowest BCUT2D eigenvalue weighted by Gasteiger charge is -2.22. The van der Waals surface area contributed by atoms with Gasteiger partial charge >= 0.3 is 0 Å².